The number of carbonyl (C=O) groups is 1. The quantitative estimate of drug-likeness (QED) is 0.341. The minimum atomic E-state index is -0.177. The molecule has 1 aliphatic heterocycles. The summed E-state index contributed by atoms with van der Waals surface area (Å²) in [6.45, 7) is 3.02. The van der Waals surface area contributed by atoms with Gasteiger partial charge in [-0.25, -0.2) is 5.26 Å². The van der Waals surface area contributed by atoms with Gasteiger partial charge in [-0.15, -0.1) is 0 Å². The van der Waals surface area contributed by atoms with Crippen LogP contribution in [0.2, 0.25) is 0 Å². The lowest BCUT2D eigenvalue weighted by molar-refractivity contribution is -0.136. The summed E-state index contributed by atoms with van der Waals surface area (Å²) in [6, 6.07) is 21.3. The molecule has 0 spiro atoms. The number of piperidine rings is 1. The van der Waals surface area contributed by atoms with Crippen molar-refractivity contribution in [3.63, 3.8) is 0 Å². The topological polar surface area (TPSA) is 73.8 Å². The van der Waals surface area contributed by atoms with Crippen LogP contribution in [0.1, 0.15) is 35.2 Å². The molecule has 0 bridgehead atoms. The molecule has 1 heterocycles. The molecule has 32 heavy (non-hydrogen) atoms. The number of nitrogens with one attached hydrogen (secondary N) is 2. The van der Waals surface area contributed by atoms with E-state index in [2.05, 4.69) is 32.6 Å². The molecule has 0 radical (unpaired) electrons. The Hall–Kier alpha value is -3.35. The zero-order valence-corrected chi connectivity index (χ0v) is 18.3. The predicted molar refractivity (Wildman–Crippen MR) is 128 cm³/mol. The molecule has 1 aliphatic rings. The van der Waals surface area contributed by atoms with Gasteiger partial charge in [0.25, 0.3) is 5.91 Å². The second-order valence-corrected chi connectivity index (χ2v) is 8.08. The van der Waals surface area contributed by atoms with Crippen molar-refractivity contribution in [1.29, 1.82) is 0 Å². The molecule has 1 fully saturated rings. The lowest BCUT2D eigenvalue weighted by Gasteiger charge is -2.27. The second kappa shape index (κ2) is 10.3. The molecule has 3 N–H and O–H groups in total. The van der Waals surface area contributed by atoms with E-state index in [1.54, 1.807) is 25.2 Å². The van der Waals surface area contributed by atoms with Gasteiger partial charge in [0.05, 0.1) is 5.69 Å². The number of carbonyl (C=O) groups excluding carboxylic acids is 1. The first kappa shape index (κ1) is 21.9. The highest BCUT2D eigenvalue weighted by Gasteiger charge is 2.16. The molecule has 3 aromatic carbocycles. The minimum absolute atomic E-state index is 0.177. The first-order chi connectivity index (χ1) is 15.7. The Labute approximate surface area is 188 Å². The maximum atomic E-state index is 13.0. The summed E-state index contributed by atoms with van der Waals surface area (Å²) < 4.78 is 0. The molecule has 0 unspecified atom stereocenters. The van der Waals surface area contributed by atoms with E-state index in [9.17, 15) is 4.79 Å². The molecule has 1 amide bonds. The molecule has 6 heteroatoms. The lowest BCUT2D eigenvalue weighted by atomic mass is 9.96. The Kier molecular flexibility index (Phi) is 7.04. The van der Waals surface area contributed by atoms with Gasteiger partial charge in [-0.3, -0.25) is 9.69 Å². The number of nitrogens with zero attached hydrogens (tertiary/aromatic N) is 1. The van der Waals surface area contributed by atoms with E-state index in [0.717, 1.165) is 36.3 Å². The molecule has 0 atom stereocenters. The SMILES string of the molecule is CNc1cc(NC(=O)c2ccc(-c3ccccc3)c(CN3CCCCC3)c2)ccc1OO. The zero-order chi connectivity index (χ0) is 22.3. The maximum Gasteiger partial charge on any atom is 0.255 e. The Morgan fingerprint density at radius 2 is 1.78 bits per heavy atom. The van der Waals surface area contributed by atoms with Gasteiger partial charge in [0.2, 0.25) is 0 Å². The molecule has 166 valence electrons. The molecular formula is C26H29N3O3. The highest BCUT2D eigenvalue weighted by molar-refractivity contribution is 6.05. The molecule has 3 aromatic rings. The number of hydrogen-bond donors (Lipinski definition) is 3. The number of hydrogen-bond acceptors (Lipinski definition) is 5. The summed E-state index contributed by atoms with van der Waals surface area (Å²) in [5.74, 6) is 0.116. The molecular weight excluding hydrogens is 402 g/mol. The van der Waals surface area contributed by atoms with Crippen LogP contribution >= 0.6 is 0 Å². The van der Waals surface area contributed by atoms with Crippen LogP contribution in [-0.4, -0.2) is 36.2 Å². The Morgan fingerprint density at radius 3 is 2.50 bits per heavy atom. The van der Waals surface area contributed by atoms with Gasteiger partial charge >= 0.3 is 0 Å². The highest BCUT2D eigenvalue weighted by Crippen LogP contribution is 2.29. The summed E-state index contributed by atoms with van der Waals surface area (Å²) in [5.41, 5.74) is 5.29. The van der Waals surface area contributed by atoms with E-state index in [1.807, 2.05) is 36.4 Å². The Morgan fingerprint density at radius 1 is 1.00 bits per heavy atom. The average molecular weight is 432 g/mol. The third kappa shape index (κ3) is 5.10. The normalized spacial score (nSPS) is 14.1. The van der Waals surface area contributed by atoms with E-state index < -0.39 is 0 Å². The van der Waals surface area contributed by atoms with Crippen molar-refractivity contribution in [2.75, 3.05) is 30.8 Å². The van der Waals surface area contributed by atoms with Gasteiger partial charge in [0.15, 0.2) is 5.75 Å². The van der Waals surface area contributed by atoms with Crippen LogP contribution in [0.4, 0.5) is 11.4 Å². The van der Waals surface area contributed by atoms with E-state index in [-0.39, 0.29) is 5.91 Å². The molecule has 0 aliphatic carbocycles. The van der Waals surface area contributed by atoms with Crippen LogP contribution in [0.3, 0.4) is 0 Å². The monoisotopic (exact) mass is 431 g/mol. The molecule has 4 rings (SSSR count). The zero-order valence-electron chi connectivity index (χ0n) is 18.3. The first-order valence-corrected chi connectivity index (χ1v) is 11.0. The third-order valence-electron chi connectivity index (χ3n) is 5.90. The van der Waals surface area contributed by atoms with Gasteiger partial charge in [-0.1, -0.05) is 42.8 Å². The van der Waals surface area contributed by atoms with Gasteiger partial charge in [0, 0.05) is 24.8 Å². The van der Waals surface area contributed by atoms with Crippen molar-refractivity contribution >= 4 is 17.3 Å². The van der Waals surface area contributed by atoms with E-state index in [1.165, 1.54) is 19.3 Å². The number of amides is 1. The van der Waals surface area contributed by atoms with Crippen LogP contribution < -0.4 is 15.5 Å². The summed E-state index contributed by atoms with van der Waals surface area (Å²) >= 11 is 0. The summed E-state index contributed by atoms with van der Waals surface area (Å²) in [4.78, 5) is 19.9. The van der Waals surface area contributed by atoms with Gasteiger partial charge in [-0.2, -0.15) is 0 Å². The summed E-state index contributed by atoms with van der Waals surface area (Å²) in [6.07, 6.45) is 3.74. The van der Waals surface area contributed by atoms with Crippen molar-refractivity contribution in [2.24, 2.45) is 0 Å². The third-order valence-corrected chi connectivity index (χ3v) is 5.90. The number of likely N-dealkylation sites (tertiary alicyclic amines) is 1. The smallest absolute Gasteiger partial charge is 0.255 e. The first-order valence-electron chi connectivity index (χ1n) is 11.0. The predicted octanol–water partition coefficient (Wildman–Crippen LogP) is 5.49. The van der Waals surface area contributed by atoms with Crippen LogP contribution in [0.5, 0.6) is 5.75 Å². The van der Waals surface area contributed by atoms with Crippen molar-refractivity contribution in [3.05, 3.63) is 77.9 Å². The van der Waals surface area contributed by atoms with Crippen molar-refractivity contribution in [2.45, 2.75) is 25.8 Å². The number of anilines is 2. The van der Waals surface area contributed by atoms with Crippen LogP contribution in [-0.2, 0) is 6.54 Å². The molecule has 1 saturated heterocycles. The van der Waals surface area contributed by atoms with Crippen molar-refractivity contribution < 1.29 is 14.9 Å². The summed E-state index contributed by atoms with van der Waals surface area (Å²) in [7, 11) is 1.72. The highest BCUT2D eigenvalue weighted by atomic mass is 17.1. The lowest BCUT2D eigenvalue weighted by Crippen LogP contribution is -2.29. The fraction of sp³-hybridized carbons (Fsp3) is 0.269. The summed E-state index contributed by atoms with van der Waals surface area (Å²) in [5, 5.41) is 14.8. The van der Waals surface area contributed by atoms with Crippen molar-refractivity contribution in [3.8, 4) is 16.9 Å². The Bertz CT molecular complexity index is 1060. The van der Waals surface area contributed by atoms with E-state index in [4.69, 9.17) is 5.26 Å². The number of benzene rings is 3. The largest absolute Gasteiger partial charge is 0.385 e. The second-order valence-electron chi connectivity index (χ2n) is 8.08. The average Bonchev–Trinajstić information content (AvgIpc) is 2.85. The van der Waals surface area contributed by atoms with Gasteiger partial charge in [0.1, 0.15) is 0 Å². The van der Waals surface area contributed by atoms with E-state index in [0.29, 0.717) is 22.7 Å². The van der Waals surface area contributed by atoms with Gasteiger partial charge in [-0.05, 0) is 73.0 Å². The van der Waals surface area contributed by atoms with Gasteiger partial charge < -0.3 is 15.5 Å². The fourth-order valence-electron chi connectivity index (χ4n) is 4.21. The molecule has 6 nitrogen and oxygen atoms in total. The fourth-order valence-corrected chi connectivity index (χ4v) is 4.21. The standard InChI is InChI=1S/C26H29N3O3/c1-27-24-17-22(11-13-25(24)32-31)28-26(30)20-10-12-23(19-8-4-2-5-9-19)21(16-20)18-29-14-6-3-7-15-29/h2,4-5,8-13,16-17,27,31H,3,6-7,14-15,18H2,1H3,(H,28,30). The van der Waals surface area contributed by atoms with Crippen LogP contribution in [0, 0.1) is 0 Å². The van der Waals surface area contributed by atoms with Crippen LogP contribution in [0.15, 0.2) is 66.7 Å². The molecule has 0 aromatic heterocycles. The minimum Gasteiger partial charge on any atom is -0.385 e. The van der Waals surface area contributed by atoms with Crippen LogP contribution in [0.25, 0.3) is 11.1 Å². The Balaban J connectivity index is 1.61. The van der Waals surface area contributed by atoms with E-state index >= 15 is 0 Å². The van der Waals surface area contributed by atoms with Crippen molar-refractivity contribution in [1.82, 2.24) is 4.90 Å². The molecule has 0 saturated carbocycles. The maximum absolute atomic E-state index is 13.0. The number of rotatable bonds is 7.